The van der Waals surface area contributed by atoms with Crippen LogP contribution in [0.3, 0.4) is 0 Å². The molecule has 2 aliphatic heterocycles. The highest BCUT2D eigenvalue weighted by Gasteiger charge is 2.30. The van der Waals surface area contributed by atoms with E-state index in [1.165, 1.54) is 11.1 Å². The first-order chi connectivity index (χ1) is 12.5. The summed E-state index contributed by atoms with van der Waals surface area (Å²) >= 11 is 0. The van der Waals surface area contributed by atoms with Crippen LogP contribution in [0.25, 0.3) is 0 Å². The molecule has 6 nitrogen and oxygen atoms in total. The predicted molar refractivity (Wildman–Crippen MR) is 99.7 cm³/mol. The molecule has 3 amide bonds. The van der Waals surface area contributed by atoms with Crippen molar-refractivity contribution < 1.29 is 14.3 Å². The minimum atomic E-state index is -0.476. The minimum Gasteiger partial charge on any atom is -0.378 e. The van der Waals surface area contributed by atoms with Crippen molar-refractivity contribution in [2.45, 2.75) is 39.3 Å². The van der Waals surface area contributed by atoms with Gasteiger partial charge in [0, 0.05) is 26.2 Å². The van der Waals surface area contributed by atoms with Crippen LogP contribution in [-0.2, 0) is 22.5 Å². The summed E-state index contributed by atoms with van der Waals surface area (Å²) < 4.78 is 5.30. The molecule has 6 heteroatoms. The van der Waals surface area contributed by atoms with E-state index >= 15 is 0 Å². The van der Waals surface area contributed by atoms with Crippen LogP contribution in [0.5, 0.6) is 0 Å². The Morgan fingerprint density at radius 2 is 1.77 bits per heavy atom. The number of urea groups is 1. The topological polar surface area (TPSA) is 61.9 Å². The van der Waals surface area contributed by atoms with Crippen molar-refractivity contribution in [2.75, 3.05) is 32.8 Å². The standard InChI is InChI=1S/C20H29N3O3/c1-15(2)13-18(21-20(25)22-9-11-26-12-10-22)19(24)23-8-7-16-5-3-4-6-17(16)14-23/h3-6,15,18H,7-14H2,1-2H3,(H,21,25)/t18-/m1/s1. The van der Waals surface area contributed by atoms with E-state index in [9.17, 15) is 9.59 Å². The van der Waals surface area contributed by atoms with Gasteiger partial charge >= 0.3 is 6.03 Å². The van der Waals surface area contributed by atoms with E-state index in [4.69, 9.17) is 4.74 Å². The van der Waals surface area contributed by atoms with Gasteiger partial charge in [0.1, 0.15) is 6.04 Å². The van der Waals surface area contributed by atoms with Gasteiger partial charge in [0.25, 0.3) is 0 Å². The predicted octanol–water partition coefficient (Wildman–Crippen LogP) is 2.03. The number of rotatable bonds is 4. The Morgan fingerprint density at radius 3 is 2.46 bits per heavy atom. The molecule has 2 aliphatic rings. The minimum absolute atomic E-state index is 0.0230. The highest BCUT2D eigenvalue weighted by molar-refractivity contribution is 5.87. The summed E-state index contributed by atoms with van der Waals surface area (Å²) in [5, 5.41) is 2.98. The summed E-state index contributed by atoms with van der Waals surface area (Å²) in [5.41, 5.74) is 2.52. The number of nitrogens with one attached hydrogen (secondary N) is 1. The van der Waals surface area contributed by atoms with Gasteiger partial charge in [-0.1, -0.05) is 38.1 Å². The molecule has 1 aromatic carbocycles. The van der Waals surface area contributed by atoms with Gasteiger partial charge in [-0.25, -0.2) is 4.79 Å². The molecule has 26 heavy (non-hydrogen) atoms. The summed E-state index contributed by atoms with van der Waals surface area (Å²) in [6.07, 6.45) is 1.51. The fourth-order valence-electron chi connectivity index (χ4n) is 3.60. The molecular formula is C20H29N3O3. The number of carbonyl (C=O) groups excluding carboxylic acids is 2. The monoisotopic (exact) mass is 359 g/mol. The molecule has 0 radical (unpaired) electrons. The van der Waals surface area contributed by atoms with E-state index in [-0.39, 0.29) is 11.9 Å². The number of hydrogen-bond acceptors (Lipinski definition) is 3. The van der Waals surface area contributed by atoms with Crippen LogP contribution < -0.4 is 5.32 Å². The number of nitrogens with zero attached hydrogens (tertiary/aromatic N) is 2. The highest BCUT2D eigenvalue weighted by Crippen LogP contribution is 2.20. The molecule has 0 spiro atoms. The van der Waals surface area contributed by atoms with Crippen LogP contribution in [0.2, 0.25) is 0 Å². The molecule has 1 fully saturated rings. The Morgan fingerprint density at radius 1 is 1.08 bits per heavy atom. The van der Waals surface area contributed by atoms with Crippen molar-refractivity contribution in [1.29, 1.82) is 0 Å². The summed E-state index contributed by atoms with van der Waals surface area (Å²) in [6, 6.07) is 7.63. The maximum Gasteiger partial charge on any atom is 0.318 e. The van der Waals surface area contributed by atoms with Crippen molar-refractivity contribution in [3.8, 4) is 0 Å². The molecular weight excluding hydrogens is 330 g/mol. The van der Waals surface area contributed by atoms with Crippen molar-refractivity contribution >= 4 is 11.9 Å². The van der Waals surface area contributed by atoms with E-state index in [1.54, 1.807) is 4.90 Å². The average molecular weight is 359 g/mol. The lowest BCUT2D eigenvalue weighted by atomic mass is 9.97. The van der Waals surface area contributed by atoms with Gasteiger partial charge in [-0.2, -0.15) is 0 Å². The van der Waals surface area contributed by atoms with Crippen molar-refractivity contribution in [2.24, 2.45) is 5.92 Å². The normalized spacial score (nSPS) is 18.4. The maximum absolute atomic E-state index is 13.1. The van der Waals surface area contributed by atoms with Gasteiger partial charge in [0.05, 0.1) is 13.2 Å². The van der Waals surface area contributed by atoms with Crippen LogP contribution in [0, 0.1) is 5.92 Å². The molecule has 0 bridgehead atoms. The molecule has 3 rings (SSSR count). The van der Waals surface area contributed by atoms with E-state index in [0.29, 0.717) is 51.7 Å². The largest absolute Gasteiger partial charge is 0.378 e. The summed E-state index contributed by atoms with van der Waals surface area (Å²) in [4.78, 5) is 29.3. The lowest BCUT2D eigenvalue weighted by Gasteiger charge is -2.34. The van der Waals surface area contributed by atoms with E-state index in [2.05, 4.69) is 31.3 Å². The fourth-order valence-corrected chi connectivity index (χ4v) is 3.60. The van der Waals surface area contributed by atoms with Crippen molar-refractivity contribution in [1.82, 2.24) is 15.1 Å². The highest BCUT2D eigenvalue weighted by atomic mass is 16.5. The zero-order chi connectivity index (χ0) is 18.5. The van der Waals surface area contributed by atoms with Gasteiger partial charge in [-0.3, -0.25) is 4.79 Å². The first kappa shape index (κ1) is 18.7. The summed E-state index contributed by atoms with van der Waals surface area (Å²) in [7, 11) is 0. The number of fused-ring (bicyclic) bond motifs is 1. The molecule has 0 aliphatic carbocycles. The van der Waals surface area contributed by atoms with Crippen LogP contribution >= 0.6 is 0 Å². The van der Waals surface area contributed by atoms with Crippen molar-refractivity contribution in [3.63, 3.8) is 0 Å². The average Bonchev–Trinajstić information content (AvgIpc) is 2.66. The fraction of sp³-hybridized carbons (Fsp3) is 0.600. The van der Waals surface area contributed by atoms with Crippen molar-refractivity contribution in [3.05, 3.63) is 35.4 Å². The van der Waals surface area contributed by atoms with Crippen LogP contribution in [0.4, 0.5) is 4.79 Å². The van der Waals surface area contributed by atoms with Crippen LogP contribution in [0.15, 0.2) is 24.3 Å². The lowest BCUT2D eigenvalue weighted by molar-refractivity contribution is -0.134. The Balaban J connectivity index is 1.66. The second-order valence-corrected chi connectivity index (χ2v) is 7.51. The Bertz CT molecular complexity index is 641. The number of ether oxygens (including phenoxy) is 1. The smallest absolute Gasteiger partial charge is 0.318 e. The second-order valence-electron chi connectivity index (χ2n) is 7.51. The van der Waals surface area contributed by atoms with Crippen LogP contribution in [-0.4, -0.2) is 60.6 Å². The molecule has 0 aromatic heterocycles. The SMILES string of the molecule is CC(C)C[C@@H](NC(=O)N1CCOCC1)C(=O)N1CCc2ccccc2C1. The summed E-state index contributed by atoms with van der Waals surface area (Å²) in [5.74, 6) is 0.348. The number of amides is 3. The second kappa shape index (κ2) is 8.54. The van der Waals surface area contributed by atoms with Gasteiger partial charge in [0.2, 0.25) is 5.91 Å². The number of morpholine rings is 1. The number of hydrogen-bond donors (Lipinski definition) is 1. The molecule has 1 aromatic rings. The molecule has 142 valence electrons. The third-order valence-corrected chi connectivity index (χ3v) is 5.04. The zero-order valence-corrected chi connectivity index (χ0v) is 15.7. The number of carbonyl (C=O) groups is 2. The Labute approximate surface area is 155 Å². The maximum atomic E-state index is 13.1. The van der Waals surface area contributed by atoms with Gasteiger partial charge in [0.15, 0.2) is 0 Å². The van der Waals surface area contributed by atoms with E-state index in [0.717, 1.165) is 6.42 Å². The zero-order valence-electron chi connectivity index (χ0n) is 15.7. The molecule has 1 saturated heterocycles. The number of benzene rings is 1. The van der Waals surface area contributed by atoms with E-state index < -0.39 is 6.04 Å². The quantitative estimate of drug-likeness (QED) is 0.895. The lowest BCUT2D eigenvalue weighted by Crippen LogP contribution is -2.55. The third kappa shape index (κ3) is 4.55. The Kier molecular flexibility index (Phi) is 6.14. The Hall–Kier alpha value is -2.08. The van der Waals surface area contributed by atoms with Gasteiger partial charge in [-0.15, -0.1) is 0 Å². The molecule has 1 atom stereocenters. The van der Waals surface area contributed by atoms with E-state index in [1.807, 2.05) is 17.0 Å². The molecule has 2 heterocycles. The third-order valence-electron chi connectivity index (χ3n) is 5.04. The molecule has 1 N–H and O–H groups in total. The first-order valence-corrected chi connectivity index (χ1v) is 9.53. The summed E-state index contributed by atoms with van der Waals surface area (Å²) in [6.45, 7) is 7.74. The first-order valence-electron chi connectivity index (χ1n) is 9.53. The molecule has 0 saturated carbocycles. The van der Waals surface area contributed by atoms with Gasteiger partial charge in [-0.05, 0) is 29.9 Å². The van der Waals surface area contributed by atoms with Crippen LogP contribution in [0.1, 0.15) is 31.4 Å². The molecule has 0 unspecified atom stereocenters. The van der Waals surface area contributed by atoms with Gasteiger partial charge < -0.3 is 19.9 Å².